The van der Waals surface area contributed by atoms with Crippen molar-refractivity contribution >= 4 is 23.2 Å². The molecule has 4 rings (SSSR count). The Bertz CT molecular complexity index is 858. The molecule has 2 aliphatic heterocycles. The molecule has 0 saturated carbocycles. The lowest BCUT2D eigenvalue weighted by Gasteiger charge is -2.22. The van der Waals surface area contributed by atoms with E-state index in [2.05, 4.69) is 10.4 Å². The van der Waals surface area contributed by atoms with Gasteiger partial charge in [-0.25, -0.2) is 0 Å². The van der Waals surface area contributed by atoms with E-state index >= 15 is 0 Å². The number of methoxy groups -OCH3 is 1. The normalized spacial score (nSPS) is 22.0. The first kappa shape index (κ1) is 19.4. The summed E-state index contributed by atoms with van der Waals surface area (Å²) in [4.78, 5) is 26.7. The van der Waals surface area contributed by atoms with Crippen molar-refractivity contribution in [3.63, 3.8) is 0 Å². The van der Waals surface area contributed by atoms with Crippen LogP contribution in [0, 0.1) is 5.92 Å². The zero-order valence-electron chi connectivity index (χ0n) is 16.5. The SMILES string of the molecule is COc1ccc(N2C[C@@H](C(=O)Nc3cnn(C[C@@H]4CCCCO4)c3)CC2=O)cc1. The standard InChI is InChI=1S/C21H26N4O4/c1-28-18-7-5-17(6-8-18)25-12-15(10-20(25)26)21(27)23-16-11-22-24(13-16)14-19-4-2-3-9-29-19/h5-8,11,13,15,19H,2-4,9-10,12,14H2,1H3,(H,23,27)/t15-,19-/m0/s1. The number of hydrogen-bond donors (Lipinski definition) is 1. The van der Waals surface area contributed by atoms with Gasteiger partial charge in [0.25, 0.3) is 0 Å². The molecule has 1 aromatic heterocycles. The average Bonchev–Trinajstić information content (AvgIpc) is 3.35. The maximum atomic E-state index is 12.7. The van der Waals surface area contributed by atoms with Crippen LogP contribution in [0.3, 0.4) is 0 Å². The average molecular weight is 398 g/mol. The largest absolute Gasteiger partial charge is 0.497 e. The summed E-state index contributed by atoms with van der Waals surface area (Å²) in [5.41, 5.74) is 1.41. The van der Waals surface area contributed by atoms with Gasteiger partial charge in [-0.15, -0.1) is 0 Å². The highest BCUT2D eigenvalue weighted by Gasteiger charge is 2.35. The van der Waals surface area contributed by atoms with Crippen LogP contribution in [0.4, 0.5) is 11.4 Å². The summed E-state index contributed by atoms with van der Waals surface area (Å²) < 4.78 is 12.7. The van der Waals surface area contributed by atoms with Crippen LogP contribution in [0.5, 0.6) is 5.75 Å². The number of carbonyl (C=O) groups excluding carboxylic acids is 2. The minimum Gasteiger partial charge on any atom is -0.497 e. The minimum absolute atomic E-state index is 0.0551. The van der Waals surface area contributed by atoms with Crippen molar-refractivity contribution in [3.05, 3.63) is 36.7 Å². The highest BCUT2D eigenvalue weighted by molar-refractivity contribution is 6.03. The van der Waals surface area contributed by atoms with Crippen molar-refractivity contribution in [2.45, 2.75) is 38.3 Å². The van der Waals surface area contributed by atoms with Gasteiger partial charge in [0.2, 0.25) is 11.8 Å². The number of benzene rings is 1. The van der Waals surface area contributed by atoms with Crippen LogP contribution >= 0.6 is 0 Å². The molecule has 3 heterocycles. The fourth-order valence-corrected chi connectivity index (χ4v) is 3.83. The van der Waals surface area contributed by atoms with Crippen LogP contribution in [-0.4, -0.2) is 48.0 Å². The van der Waals surface area contributed by atoms with Crippen LogP contribution in [0.2, 0.25) is 0 Å². The van der Waals surface area contributed by atoms with E-state index in [1.165, 1.54) is 6.42 Å². The quantitative estimate of drug-likeness (QED) is 0.808. The van der Waals surface area contributed by atoms with Gasteiger partial charge in [-0.2, -0.15) is 5.10 Å². The molecular formula is C21H26N4O4. The predicted molar refractivity (Wildman–Crippen MR) is 108 cm³/mol. The van der Waals surface area contributed by atoms with Crippen molar-refractivity contribution in [1.29, 1.82) is 0 Å². The molecule has 1 aromatic carbocycles. The highest BCUT2D eigenvalue weighted by atomic mass is 16.5. The fraction of sp³-hybridized carbons (Fsp3) is 0.476. The molecule has 1 N–H and O–H groups in total. The smallest absolute Gasteiger partial charge is 0.229 e. The first-order valence-corrected chi connectivity index (χ1v) is 10.0. The fourth-order valence-electron chi connectivity index (χ4n) is 3.83. The summed E-state index contributed by atoms with van der Waals surface area (Å²) in [6, 6.07) is 7.27. The Kier molecular flexibility index (Phi) is 5.80. The molecule has 0 spiro atoms. The Morgan fingerprint density at radius 3 is 2.86 bits per heavy atom. The molecule has 2 amide bonds. The minimum atomic E-state index is -0.394. The molecule has 8 nitrogen and oxygen atoms in total. The number of anilines is 2. The number of ether oxygens (including phenoxy) is 2. The predicted octanol–water partition coefficient (Wildman–Crippen LogP) is 2.45. The van der Waals surface area contributed by atoms with E-state index in [0.717, 1.165) is 30.9 Å². The van der Waals surface area contributed by atoms with E-state index in [0.29, 0.717) is 18.8 Å². The Hall–Kier alpha value is -2.87. The lowest BCUT2D eigenvalue weighted by molar-refractivity contribution is -0.122. The topological polar surface area (TPSA) is 85.7 Å². The molecule has 2 fully saturated rings. The molecule has 2 aliphatic rings. The van der Waals surface area contributed by atoms with E-state index in [9.17, 15) is 9.59 Å². The third-order valence-corrected chi connectivity index (χ3v) is 5.45. The molecule has 0 aliphatic carbocycles. The summed E-state index contributed by atoms with van der Waals surface area (Å²) in [5.74, 6) is 0.114. The van der Waals surface area contributed by atoms with E-state index in [1.54, 1.807) is 35.0 Å². The first-order chi connectivity index (χ1) is 14.1. The van der Waals surface area contributed by atoms with Crippen molar-refractivity contribution in [1.82, 2.24) is 9.78 Å². The number of rotatable bonds is 6. The van der Waals surface area contributed by atoms with Gasteiger partial charge in [-0.3, -0.25) is 14.3 Å². The Morgan fingerprint density at radius 2 is 2.14 bits per heavy atom. The summed E-state index contributed by atoms with van der Waals surface area (Å²) >= 11 is 0. The third kappa shape index (κ3) is 4.59. The Morgan fingerprint density at radius 1 is 1.31 bits per heavy atom. The second-order valence-electron chi connectivity index (χ2n) is 7.53. The molecular weight excluding hydrogens is 372 g/mol. The lowest BCUT2D eigenvalue weighted by Crippen LogP contribution is -2.28. The number of nitrogens with one attached hydrogen (secondary N) is 1. The molecule has 2 saturated heterocycles. The van der Waals surface area contributed by atoms with Crippen molar-refractivity contribution in [3.8, 4) is 5.75 Å². The van der Waals surface area contributed by atoms with Gasteiger partial charge in [0, 0.05) is 31.5 Å². The summed E-state index contributed by atoms with van der Waals surface area (Å²) in [5, 5.41) is 7.21. The number of nitrogens with zero attached hydrogens (tertiary/aromatic N) is 3. The highest BCUT2D eigenvalue weighted by Crippen LogP contribution is 2.27. The van der Waals surface area contributed by atoms with Gasteiger partial charge in [-0.05, 0) is 43.5 Å². The summed E-state index contributed by atoms with van der Waals surface area (Å²) in [6.45, 7) is 1.85. The molecule has 154 valence electrons. The molecule has 2 aromatic rings. The van der Waals surface area contributed by atoms with Crippen LogP contribution in [0.1, 0.15) is 25.7 Å². The van der Waals surface area contributed by atoms with Crippen LogP contribution in [0.15, 0.2) is 36.7 Å². The number of amides is 2. The van der Waals surface area contributed by atoms with Crippen molar-refractivity contribution < 1.29 is 19.1 Å². The van der Waals surface area contributed by atoms with E-state index in [-0.39, 0.29) is 24.3 Å². The number of hydrogen-bond acceptors (Lipinski definition) is 5. The summed E-state index contributed by atoms with van der Waals surface area (Å²) in [6.07, 6.45) is 7.15. The number of aromatic nitrogens is 2. The van der Waals surface area contributed by atoms with E-state index < -0.39 is 5.92 Å². The molecule has 29 heavy (non-hydrogen) atoms. The molecule has 2 atom stereocenters. The maximum absolute atomic E-state index is 12.7. The second kappa shape index (κ2) is 8.65. The zero-order chi connectivity index (χ0) is 20.2. The van der Waals surface area contributed by atoms with Gasteiger partial charge < -0.3 is 19.7 Å². The molecule has 0 unspecified atom stereocenters. The van der Waals surface area contributed by atoms with Gasteiger partial charge in [0.05, 0.1) is 37.6 Å². The lowest BCUT2D eigenvalue weighted by atomic mass is 10.1. The molecule has 0 bridgehead atoms. The van der Waals surface area contributed by atoms with Crippen LogP contribution in [-0.2, 0) is 20.9 Å². The second-order valence-corrected chi connectivity index (χ2v) is 7.53. The van der Waals surface area contributed by atoms with Crippen molar-refractivity contribution in [2.75, 3.05) is 30.5 Å². The maximum Gasteiger partial charge on any atom is 0.229 e. The first-order valence-electron chi connectivity index (χ1n) is 10.0. The zero-order valence-corrected chi connectivity index (χ0v) is 16.5. The van der Waals surface area contributed by atoms with Gasteiger partial charge in [0.1, 0.15) is 5.75 Å². The van der Waals surface area contributed by atoms with E-state index in [1.807, 2.05) is 18.3 Å². The number of carbonyl (C=O) groups is 2. The van der Waals surface area contributed by atoms with Crippen LogP contribution < -0.4 is 15.0 Å². The molecule has 0 radical (unpaired) electrons. The molecule has 8 heteroatoms. The van der Waals surface area contributed by atoms with Gasteiger partial charge >= 0.3 is 0 Å². The third-order valence-electron chi connectivity index (χ3n) is 5.45. The van der Waals surface area contributed by atoms with Gasteiger partial charge in [-0.1, -0.05) is 0 Å². The monoisotopic (exact) mass is 398 g/mol. The Balaban J connectivity index is 1.33. The van der Waals surface area contributed by atoms with Crippen LogP contribution in [0.25, 0.3) is 0 Å². The van der Waals surface area contributed by atoms with E-state index in [4.69, 9.17) is 9.47 Å². The van der Waals surface area contributed by atoms with Gasteiger partial charge in [0.15, 0.2) is 0 Å². The Labute approximate surface area is 169 Å². The summed E-state index contributed by atoms with van der Waals surface area (Å²) in [7, 11) is 1.60. The van der Waals surface area contributed by atoms with Crippen molar-refractivity contribution in [2.24, 2.45) is 5.92 Å².